The Morgan fingerprint density at radius 3 is 2.74 bits per heavy atom. The Labute approximate surface area is 128 Å². The zero-order valence-corrected chi connectivity index (χ0v) is 13.6. The molecule has 1 heterocycles. The molecule has 1 saturated heterocycles. The Kier molecular flexibility index (Phi) is 4.62. The summed E-state index contributed by atoms with van der Waals surface area (Å²) in [5.41, 5.74) is 0.645. The van der Waals surface area contributed by atoms with Gasteiger partial charge in [-0.3, -0.25) is 9.59 Å². The summed E-state index contributed by atoms with van der Waals surface area (Å²) in [6, 6.07) is 5.56. The van der Waals surface area contributed by atoms with E-state index in [1.165, 1.54) is 6.92 Å². The number of carbonyl (C=O) groups excluding carboxylic acids is 2. The quantitative estimate of drug-likeness (QED) is 0.844. The Balaban J connectivity index is 2.07. The summed E-state index contributed by atoms with van der Waals surface area (Å²) in [5, 5.41) is 2.85. The summed E-state index contributed by atoms with van der Waals surface area (Å²) in [6.45, 7) is 2.74. The molecule has 1 aliphatic heterocycles. The van der Waals surface area contributed by atoms with Crippen LogP contribution in [-0.4, -0.2) is 35.8 Å². The summed E-state index contributed by atoms with van der Waals surface area (Å²) in [6.07, 6.45) is 0.805. The second-order valence-electron chi connectivity index (χ2n) is 4.56. The van der Waals surface area contributed by atoms with Crippen LogP contribution in [-0.2, 0) is 4.79 Å². The lowest BCUT2D eigenvalue weighted by molar-refractivity contribution is -0.119. The number of benzene rings is 1. The zero-order valence-electron chi connectivity index (χ0n) is 10.5. The highest BCUT2D eigenvalue weighted by Crippen LogP contribution is 2.24. The van der Waals surface area contributed by atoms with Crippen molar-refractivity contribution in [2.75, 3.05) is 13.1 Å². The predicted octanol–water partition coefficient (Wildman–Crippen LogP) is 2.56. The number of nitrogens with zero attached hydrogens (tertiary/aromatic N) is 1. The van der Waals surface area contributed by atoms with E-state index in [9.17, 15) is 9.59 Å². The molecule has 102 valence electrons. The SMILES string of the molecule is CC(=O)NC1CCN(C(=O)c2ccc(Br)cc2Br)C1. The fourth-order valence-corrected chi connectivity index (χ4v) is 3.40. The maximum atomic E-state index is 12.4. The van der Waals surface area contributed by atoms with Crippen molar-refractivity contribution in [2.45, 2.75) is 19.4 Å². The normalized spacial score (nSPS) is 18.5. The van der Waals surface area contributed by atoms with E-state index in [4.69, 9.17) is 0 Å². The third-order valence-electron chi connectivity index (χ3n) is 3.04. The van der Waals surface area contributed by atoms with E-state index in [1.807, 2.05) is 12.1 Å². The molecule has 19 heavy (non-hydrogen) atoms. The average molecular weight is 390 g/mol. The second kappa shape index (κ2) is 6.05. The lowest BCUT2D eigenvalue weighted by atomic mass is 10.2. The molecule has 0 spiro atoms. The molecule has 0 aromatic heterocycles. The van der Waals surface area contributed by atoms with Crippen molar-refractivity contribution >= 4 is 43.7 Å². The number of nitrogens with one attached hydrogen (secondary N) is 1. The van der Waals surface area contributed by atoms with Crippen molar-refractivity contribution in [3.8, 4) is 0 Å². The minimum atomic E-state index is -0.0517. The van der Waals surface area contributed by atoms with Crippen LogP contribution in [0.15, 0.2) is 27.1 Å². The number of amides is 2. The van der Waals surface area contributed by atoms with E-state index >= 15 is 0 Å². The van der Waals surface area contributed by atoms with Gasteiger partial charge in [-0.25, -0.2) is 0 Å². The summed E-state index contributed by atoms with van der Waals surface area (Å²) in [7, 11) is 0. The van der Waals surface area contributed by atoms with Gasteiger partial charge < -0.3 is 10.2 Å². The van der Waals surface area contributed by atoms with Crippen LogP contribution in [0.5, 0.6) is 0 Å². The third kappa shape index (κ3) is 3.57. The van der Waals surface area contributed by atoms with Crippen LogP contribution in [0.2, 0.25) is 0 Å². The van der Waals surface area contributed by atoms with Crippen LogP contribution in [0.4, 0.5) is 0 Å². The Hall–Kier alpha value is -0.880. The lowest BCUT2D eigenvalue weighted by Gasteiger charge is -2.17. The molecular formula is C13H14Br2N2O2. The van der Waals surface area contributed by atoms with Crippen molar-refractivity contribution in [1.29, 1.82) is 0 Å². The van der Waals surface area contributed by atoms with E-state index in [1.54, 1.807) is 11.0 Å². The van der Waals surface area contributed by atoms with E-state index in [0.29, 0.717) is 18.7 Å². The fraction of sp³-hybridized carbons (Fsp3) is 0.385. The first kappa shape index (κ1) is 14.5. The van der Waals surface area contributed by atoms with Gasteiger partial charge in [0.2, 0.25) is 5.91 Å². The minimum absolute atomic E-state index is 0.00720. The van der Waals surface area contributed by atoms with Crippen LogP contribution in [0.25, 0.3) is 0 Å². The minimum Gasteiger partial charge on any atom is -0.352 e. The number of carbonyl (C=O) groups is 2. The highest BCUT2D eigenvalue weighted by Gasteiger charge is 2.28. The number of hydrogen-bond donors (Lipinski definition) is 1. The van der Waals surface area contributed by atoms with E-state index in [-0.39, 0.29) is 17.9 Å². The third-order valence-corrected chi connectivity index (χ3v) is 4.19. The molecule has 1 aliphatic rings. The van der Waals surface area contributed by atoms with Gasteiger partial charge in [0, 0.05) is 35.0 Å². The molecule has 2 amide bonds. The van der Waals surface area contributed by atoms with E-state index in [0.717, 1.165) is 15.4 Å². The van der Waals surface area contributed by atoms with Gasteiger partial charge >= 0.3 is 0 Å². The highest BCUT2D eigenvalue weighted by atomic mass is 79.9. The van der Waals surface area contributed by atoms with Gasteiger partial charge in [0.1, 0.15) is 0 Å². The molecule has 0 bridgehead atoms. The molecule has 1 atom stereocenters. The smallest absolute Gasteiger partial charge is 0.255 e. The number of halogens is 2. The van der Waals surface area contributed by atoms with Crippen LogP contribution >= 0.6 is 31.9 Å². The van der Waals surface area contributed by atoms with Gasteiger partial charge in [-0.05, 0) is 40.5 Å². The van der Waals surface area contributed by atoms with Gasteiger partial charge in [-0.15, -0.1) is 0 Å². The van der Waals surface area contributed by atoms with E-state index < -0.39 is 0 Å². The van der Waals surface area contributed by atoms with Crippen molar-refractivity contribution < 1.29 is 9.59 Å². The lowest BCUT2D eigenvalue weighted by Crippen LogP contribution is -2.37. The summed E-state index contributed by atoms with van der Waals surface area (Å²) in [4.78, 5) is 25.2. The molecular weight excluding hydrogens is 376 g/mol. The highest BCUT2D eigenvalue weighted by molar-refractivity contribution is 9.11. The molecule has 1 aromatic rings. The summed E-state index contributed by atoms with van der Waals surface area (Å²) >= 11 is 6.77. The predicted molar refractivity (Wildman–Crippen MR) is 80.0 cm³/mol. The Morgan fingerprint density at radius 2 is 2.11 bits per heavy atom. The monoisotopic (exact) mass is 388 g/mol. The summed E-state index contributed by atoms with van der Waals surface area (Å²) in [5.74, 6) is -0.0589. The summed E-state index contributed by atoms with van der Waals surface area (Å²) < 4.78 is 1.70. The molecule has 1 aromatic carbocycles. The molecule has 1 fully saturated rings. The van der Waals surface area contributed by atoms with Crippen molar-refractivity contribution in [2.24, 2.45) is 0 Å². The van der Waals surface area contributed by atoms with Gasteiger partial charge in [-0.1, -0.05) is 15.9 Å². The molecule has 1 N–H and O–H groups in total. The van der Waals surface area contributed by atoms with Crippen molar-refractivity contribution in [3.63, 3.8) is 0 Å². The standard InChI is InChI=1S/C13H14Br2N2O2/c1-8(18)16-10-4-5-17(7-10)13(19)11-3-2-9(14)6-12(11)15/h2-3,6,10H,4-5,7H2,1H3,(H,16,18). The molecule has 0 aliphatic carbocycles. The molecule has 6 heteroatoms. The first-order valence-electron chi connectivity index (χ1n) is 5.99. The fourth-order valence-electron chi connectivity index (χ4n) is 2.18. The van der Waals surface area contributed by atoms with Crippen molar-refractivity contribution in [1.82, 2.24) is 10.2 Å². The van der Waals surface area contributed by atoms with Crippen LogP contribution in [0.3, 0.4) is 0 Å². The Morgan fingerprint density at radius 1 is 1.37 bits per heavy atom. The molecule has 1 unspecified atom stereocenters. The van der Waals surface area contributed by atoms with Gasteiger partial charge in [-0.2, -0.15) is 0 Å². The van der Waals surface area contributed by atoms with Crippen LogP contribution < -0.4 is 5.32 Å². The number of hydrogen-bond acceptors (Lipinski definition) is 2. The number of rotatable bonds is 2. The molecule has 2 rings (SSSR count). The largest absolute Gasteiger partial charge is 0.352 e. The molecule has 0 radical (unpaired) electrons. The number of likely N-dealkylation sites (tertiary alicyclic amines) is 1. The first-order chi connectivity index (χ1) is 8.97. The second-order valence-corrected chi connectivity index (χ2v) is 6.33. The topological polar surface area (TPSA) is 49.4 Å². The van der Waals surface area contributed by atoms with Gasteiger partial charge in [0.05, 0.1) is 5.56 Å². The molecule has 4 nitrogen and oxygen atoms in total. The average Bonchev–Trinajstić information content (AvgIpc) is 2.75. The van der Waals surface area contributed by atoms with Crippen LogP contribution in [0.1, 0.15) is 23.7 Å². The van der Waals surface area contributed by atoms with Gasteiger partial charge in [0.25, 0.3) is 5.91 Å². The van der Waals surface area contributed by atoms with E-state index in [2.05, 4.69) is 37.2 Å². The maximum absolute atomic E-state index is 12.4. The van der Waals surface area contributed by atoms with Crippen LogP contribution in [0, 0.1) is 0 Å². The maximum Gasteiger partial charge on any atom is 0.255 e. The first-order valence-corrected chi connectivity index (χ1v) is 7.57. The Bertz CT molecular complexity index is 519. The molecule has 0 saturated carbocycles. The van der Waals surface area contributed by atoms with Crippen molar-refractivity contribution in [3.05, 3.63) is 32.7 Å². The zero-order chi connectivity index (χ0) is 14.0. The van der Waals surface area contributed by atoms with Gasteiger partial charge in [0.15, 0.2) is 0 Å².